The van der Waals surface area contributed by atoms with Gasteiger partial charge in [-0.05, 0) is 42.4 Å². The van der Waals surface area contributed by atoms with Crippen LogP contribution in [0.4, 0.5) is 0 Å². The molecule has 1 N–H and O–H groups in total. The van der Waals surface area contributed by atoms with E-state index in [0.29, 0.717) is 11.7 Å². The summed E-state index contributed by atoms with van der Waals surface area (Å²) in [6.07, 6.45) is 5.00. The van der Waals surface area contributed by atoms with Gasteiger partial charge in [0.1, 0.15) is 5.75 Å². The van der Waals surface area contributed by atoms with Crippen LogP contribution in [-0.2, 0) is 19.4 Å². The van der Waals surface area contributed by atoms with Crippen LogP contribution in [0, 0.1) is 5.92 Å². The van der Waals surface area contributed by atoms with Crippen molar-refractivity contribution in [3.63, 3.8) is 0 Å². The first-order chi connectivity index (χ1) is 14.3. The van der Waals surface area contributed by atoms with Crippen molar-refractivity contribution >= 4 is 0 Å². The molecule has 3 aromatic carbocycles. The first-order valence-electron chi connectivity index (χ1n) is 10.3. The summed E-state index contributed by atoms with van der Waals surface area (Å²) in [4.78, 5) is 4.81. The third-order valence-electron chi connectivity index (χ3n) is 5.95. The number of fused-ring (bicyclic) bond motifs is 1. The average molecular weight is 380 g/mol. The van der Waals surface area contributed by atoms with Crippen LogP contribution in [0.2, 0.25) is 0 Å². The number of aromatic hydroxyl groups is 1. The number of hydrogen-bond donors (Lipinski definition) is 1. The molecule has 1 aliphatic carbocycles. The Morgan fingerprint density at radius 3 is 2.34 bits per heavy atom. The normalized spacial score (nSPS) is 15.8. The molecule has 1 heterocycles. The van der Waals surface area contributed by atoms with Crippen LogP contribution in [0.25, 0.3) is 22.5 Å². The molecule has 0 saturated heterocycles. The molecule has 144 valence electrons. The van der Waals surface area contributed by atoms with Crippen LogP contribution >= 0.6 is 0 Å². The minimum atomic E-state index is 0.444. The molecular weight excluding hydrogens is 356 g/mol. The number of nitrogens with zero attached hydrogens (tertiary/aromatic N) is 2. The second kappa shape index (κ2) is 7.59. The average Bonchev–Trinajstić information content (AvgIpc) is 3.18. The first-order valence-corrected chi connectivity index (χ1v) is 10.3. The van der Waals surface area contributed by atoms with Gasteiger partial charge in [0.25, 0.3) is 0 Å². The molecule has 0 saturated carbocycles. The highest BCUT2D eigenvalue weighted by molar-refractivity contribution is 5.78. The lowest BCUT2D eigenvalue weighted by Gasteiger charge is -2.26. The zero-order valence-electron chi connectivity index (χ0n) is 16.3. The highest BCUT2D eigenvalue weighted by Gasteiger charge is 2.23. The first kappa shape index (κ1) is 17.7. The van der Waals surface area contributed by atoms with Gasteiger partial charge >= 0.3 is 0 Å². The van der Waals surface area contributed by atoms with Crippen molar-refractivity contribution < 1.29 is 5.11 Å². The molecule has 0 fully saturated rings. The van der Waals surface area contributed by atoms with Gasteiger partial charge in [-0.25, -0.2) is 4.98 Å². The molecule has 0 radical (unpaired) electrons. The van der Waals surface area contributed by atoms with E-state index in [4.69, 9.17) is 4.98 Å². The zero-order chi connectivity index (χ0) is 19.6. The number of rotatable bonds is 4. The molecule has 1 aromatic heterocycles. The lowest BCUT2D eigenvalue weighted by Crippen LogP contribution is -2.19. The number of phenols is 1. The fraction of sp³-hybridized carbons (Fsp3) is 0.192. The minimum Gasteiger partial charge on any atom is -0.508 e. The van der Waals surface area contributed by atoms with E-state index in [1.165, 1.54) is 16.8 Å². The number of aromatic nitrogens is 2. The summed E-state index contributed by atoms with van der Waals surface area (Å²) in [5.41, 5.74) is 6.96. The van der Waals surface area contributed by atoms with E-state index < -0.39 is 0 Å². The van der Waals surface area contributed by atoms with Gasteiger partial charge in [0, 0.05) is 17.7 Å². The molecule has 0 amide bonds. The second-order valence-electron chi connectivity index (χ2n) is 7.85. The third-order valence-corrected chi connectivity index (χ3v) is 5.95. The molecule has 29 heavy (non-hydrogen) atoms. The summed E-state index contributed by atoms with van der Waals surface area (Å²) in [5, 5.41) is 10.1. The smallest absolute Gasteiger partial charge is 0.119 e. The molecule has 3 heteroatoms. The zero-order valence-corrected chi connectivity index (χ0v) is 16.3. The Balaban J connectivity index is 1.50. The van der Waals surface area contributed by atoms with E-state index in [9.17, 15) is 5.11 Å². The highest BCUT2D eigenvalue weighted by atomic mass is 16.3. The van der Waals surface area contributed by atoms with E-state index >= 15 is 0 Å². The van der Waals surface area contributed by atoms with Crippen molar-refractivity contribution in [2.75, 3.05) is 0 Å². The summed E-state index contributed by atoms with van der Waals surface area (Å²) in [7, 11) is 0. The molecule has 1 atom stereocenters. The van der Waals surface area contributed by atoms with Crippen molar-refractivity contribution in [2.45, 2.75) is 25.8 Å². The van der Waals surface area contributed by atoms with Gasteiger partial charge in [-0.3, -0.25) is 0 Å². The number of imidazole rings is 1. The monoisotopic (exact) mass is 380 g/mol. The van der Waals surface area contributed by atoms with Crippen molar-refractivity contribution in [3.8, 4) is 28.3 Å². The number of hydrogen-bond acceptors (Lipinski definition) is 2. The van der Waals surface area contributed by atoms with Crippen LogP contribution in [0.3, 0.4) is 0 Å². The van der Waals surface area contributed by atoms with E-state index in [-0.39, 0.29) is 0 Å². The van der Waals surface area contributed by atoms with E-state index in [1.807, 2.05) is 18.5 Å². The van der Waals surface area contributed by atoms with Crippen LogP contribution in [0.1, 0.15) is 17.5 Å². The maximum atomic E-state index is 10.1. The molecule has 1 unspecified atom stereocenters. The third kappa shape index (κ3) is 3.44. The number of benzene rings is 3. The van der Waals surface area contributed by atoms with Crippen molar-refractivity contribution in [3.05, 3.63) is 96.3 Å². The Bertz CT molecular complexity index is 1120. The standard InChI is InChI=1S/C26H24N2O/c29-24-13-7-12-22-16-19(14-15-23(22)24)17-28-18-27-25(20-8-3-1-4-9-20)26(28)21-10-5-2-6-11-21/h1-13,18-19,29H,14-17H2. The lowest BCUT2D eigenvalue weighted by molar-refractivity contribution is 0.386. The predicted octanol–water partition coefficient (Wildman–Crippen LogP) is 5.73. The van der Waals surface area contributed by atoms with Crippen LogP contribution in [0.15, 0.2) is 85.2 Å². The van der Waals surface area contributed by atoms with Crippen molar-refractivity contribution in [1.29, 1.82) is 0 Å². The Hall–Kier alpha value is -3.33. The molecule has 0 aliphatic heterocycles. The van der Waals surface area contributed by atoms with Gasteiger partial charge in [0.15, 0.2) is 0 Å². The Labute approximate surface area is 171 Å². The molecule has 0 spiro atoms. The summed E-state index contributed by atoms with van der Waals surface area (Å²) >= 11 is 0. The van der Waals surface area contributed by atoms with Gasteiger partial charge in [0.2, 0.25) is 0 Å². The highest BCUT2D eigenvalue weighted by Crippen LogP contribution is 2.35. The fourth-order valence-corrected chi connectivity index (χ4v) is 4.52. The summed E-state index contributed by atoms with van der Waals surface area (Å²) in [5.74, 6) is 0.976. The van der Waals surface area contributed by atoms with Gasteiger partial charge in [-0.1, -0.05) is 72.8 Å². The van der Waals surface area contributed by atoms with Gasteiger partial charge < -0.3 is 9.67 Å². The minimum absolute atomic E-state index is 0.444. The van der Waals surface area contributed by atoms with Gasteiger partial charge in [-0.2, -0.15) is 0 Å². The SMILES string of the molecule is Oc1cccc2c1CCC(Cn1cnc(-c3ccccc3)c1-c1ccccc1)C2. The van der Waals surface area contributed by atoms with E-state index in [0.717, 1.165) is 42.6 Å². The van der Waals surface area contributed by atoms with Crippen LogP contribution < -0.4 is 0 Å². The molecule has 3 nitrogen and oxygen atoms in total. The molecular formula is C26H24N2O. The van der Waals surface area contributed by atoms with Gasteiger partial charge in [-0.15, -0.1) is 0 Å². The Kier molecular flexibility index (Phi) is 4.65. The summed E-state index contributed by atoms with van der Waals surface area (Å²) in [6.45, 7) is 0.930. The van der Waals surface area contributed by atoms with Crippen molar-refractivity contribution in [2.24, 2.45) is 5.92 Å². The fourth-order valence-electron chi connectivity index (χ4n) is 4.52. The quantitative estimate of drug-likeness (QED) is 0.491. The number of phenolic OH excluding ortho intramolecular Hbond substituents is 1. The molecule has 4 aromatic rings. The summed E-state index contributed by atoms with van der Waals surface area (Å²) in [6, 6.07) is 26.9. The molecule has 1 aliphatic rings. The second-order valence-corrected chi connectivity index (χ2v) is 7.85. The predicted molar refractivity (Wildman–Crippen MR) is 117 cm³/mol. The Morgan fingerprint density at radius 1 is 0.862 bits per heavy atom. The lowest BCUT2D eigenvalue weighted by atomic mass is 9.83. The molecule has 0 bridgehead atoms. The summed E-state index contributed by atoms with van der Waals surface area (Å²) < 4.78 is 2.32. The maximum Gasteiger partial charge on any atom is 0.119 e. The Morgan fingerprint density at radius 2 is 1.59 bits per heavy atom. The van der Waals surface area contributed by atoms with Crippen LogP contribution in [-0.4, -0.2) is 14.7 Å². The van der Waals surface area contributed by atoms with Crippen LogP contribution in [0.5, 0.6) is 5.75 Å². The van der Waals surface area contributed by atoms with Gasteiger partial charge in [0.05, 0.1) is 17.7 Å². The van der Waals surface area contributed by atoms with E-state index in [1.54, 1.807) is 6.07 Å². The largest absolute Gasteiger partial charge is 0.508 e. The van der Waals surface area contributed by atoms with Crippen molar-refractivity contribution in [1.82, 2.24) is 9.55 Å². The topological polar surface area (TPSA) is 38.0 Å². The maximum absolute atomic E-state index is 10.1. The van der Waals surface area contributed by atoms with E-state index in [2.05, 4.69) is 65.2 Å². The molecule has 5 rings (SSSR count).